The molecule has 2 heterocycles. The fraction of sp³-hybridized carbons (Fsp3) is 0.464. The van der Waals surface area contributed by atoms with E-state index in [0.717, 1.165) is 50.5 Å². The molecule has 1 N–H and O–H groups in total. The summed E-state index contributed by atoms with van der Waals surface area (Å²) >= 11 is 12.2. The maximum Gasteiger partial charge on any atom is 0.253 e. The minimum atomic E-state index is -0.103. The van der Waals surface area contributed by atoms with Gasteiger partial charge in [0.05, 0.1) is 16.8 Å². The maximum absolute atomic E-state index is 12.6. The third-order valence-corrected chi connectivity index (χ3v) is 8.18. The fourth-order valence-corrected chi connectivity index (χ4v) is 6.17. The van der Waals surface area contributed by atoms with Gasteiger partial charge in [0.2, 0.25) is 0 Å². The number of rotatable bonds is 6. The van der Waals surface area contributed by atoms with Crippen LogP contribution in [0.25, 0.3) is 11.3 Å². The molecule has 180 valence electrons. The fourth-order valence-electron chi connectivity index (χ4n) is 5.68. The number of carbonyl (C=O) groups excluding carboxylic acids is 1. The molecule has 1 saturated carbocycles. The Balaban J connectivity index is 1.12. The molecule has 2 aliphatic heterocycles. The molecule has 4 nitrogen and oxygen atoms in total. The first-order valence-corrected chi connectivity index (χ1v) is 13.3. The third-order valence-electron chi connectivity index (χ3n) is 7.63. The molecule has 4 aliphatic rings. The van der Waals surface area contributed by atoms with Crippen molar-refractivity contribution in [3.8, 4) is 11.3 Å². The molecule has 6 heteroatoms. The number of amides is 1. The van der Waals surface area contributed by atoms with Crippen molar-refractivity contribution in [1.82, 2.24) is 10.2 Å². The van der Waals surface area contributed by atoms with Crippen LogP contribution in [0.4, 0.5) is 0 Å². The van der Waals surface area contributed by atoms with Gasteiger partial charge in [0.15, 0.2) is 0 Å². The van der Waals surface area contributed by atoms with Gasteiger partial charge in [0.1, 0.15) is 5.76 Å². The Morgan fingerprint density at radius 2 is 1.88 bits per heavy atom. The van der Waals surface area contributed by atoms with Gasteiger partial charge in [-0.1, -0.05) is 41.8 Å². The summed E-state index contributed by atoms with van der Waals surface area (Å²) in [5, 5.41) is 4.12. The molecule has 0 bridgehead atoms. The zero-order valence-corrected chi connectivity index (χ0v) is 21.0. The predicted molar refractivity (Wildman–Crippen MR) is 138 cm³/mol. The first kappa shape index (κ1) is 23.7. The van der Waals surface area contributed by atoms with Crippen molar-refractivity contribution in [2.24, 2.45) is 5.92 Å². The summed E-state index contributed by atoms with van der Waals surface area (Å²) in [5.41, 5.74) is 3.00. The van der Waals surface area contributed by atoms with Crippen LogP contribution in [-0.4, -0.2) is 29.9 Å². The first-order chi connectivity index (χ1) is 16.6. The summed E-state index contributed by atoms with van der Waals surface area (Å²) in [6.45, 7) is 2.29. The Hall–Kier alpha value is -2.01. The average molecular weight is 499 g/mol. The van der Waals surface area contributed by atoms with Gasteiger partial charge in [-0.2, -0.15) is 0 Å². The van der Waals surface area contributed by atoms with Crippen LogP contribution in [0, 0.1) is 5.92 Å². The van der Waals surface area contributed by atoms with E-state index >= 15 is 0 Å². The second-order valence-electron chi connectivity index (χ2n) is 9.88. The van der Waals surface area contributed by atoms with E-state index < -0.39 is 0 Å². The van der Waals surface area contributed by atoms with Crippen molar-refractivity contribution in [3.63, 3.8) is 0 Å². The summed E-state index contributed by atoms with van der Waals surface area (Å²) in [6, 6.07) is 14.2. The Morgan fingerprint density at radius 3 is 2.71 bits per heavy atom. The van der Waals surface area contributed by atoms with Crippen LogP contribution < -0.4 is 5.32 Å². The molecule has 1 aromatic carbocycles. The van der Waals surface area contributed by atoms with Crippen LogP contribution in [0.3, 0.4) is 0 Å². The molecule has 1 saturated heterocycles. The summed E-state index contributed by atoms with van der Waals surface area (Å²) in [7, 11) is 0. The van der Waals surface area contributed by atoms with Crippen LogP contribution >= 0.6 is 23.2 Å². The smallest absolute Gasteiger partial charge is 0.253 e. The van der Waals surface area contributed by atoms with Gasteiger partial charge in [-0.15, -0.1) is 0 Å². The number of fused-ring (bicyclic) bond motifs is 1. The first-order valence-electron chi connectivity index (χ1n) is 12.5. The lowest BCUT2D eigenvalue weighted by Crippen LogP contribution is -2.39. The van der Waals surface area contributed by atoms with Crippen LogP contribution in [0.5, 0.6) is 0 Å². The Labute approximate surface area is 211 Å². The highest BCUT2D eigenvalue weighted by molar-refractivity contribution is 6.36. The monoisotopic (exact) mass is 498 g/mol. The van der Waals surface area contributed by atoms with Crippen molar-refractivity contribution in [2.45, 2.75) is 63.5 Å². The van der Waals surface area contributed by atoms with Crippen LogP contribution in [0.15, 0.2) is 53.1 Å². The summed E-state index contributed by atoms with van der Waals surface area (Å²) in [4.78, 5) is 15.3. The molecule has 0 spiro atoms. The second kappa shape index (κ2) is 10.7. The molecule has 2 aliphatic carbocycles. The number of carbonyl (C=O) groups is 1. The van der Waals surface area contributed by atoms with Crippen molar-refractivity contribution in [2.75, 3.05) is 13.1 Å². The standard InChI is InChI=1S/C28H32Cl2N2O2/c29-22-9-12-24(25(30)17-22)28(33)31-23-10-7-19(8-11-23)13-15-32-14-2-1-5-26(32)21-16-20-4-3-6-27(20)34-18-21/h3-4,6,9,12,16-19,23,26H,1-2,5,7-8,10-11,13-15H2,(H,31,33). The predicted octanol–water partition coefficient (Wildman–Crippen LogP) is 7.60. The lowest BCUT2D eigenvalue weighted by atomic mass is 9.83. The molecule has 0 radical (unpaired) electrons. The molecule has 1 amide bonds. The number of piperidine rings is 1. The van der Waals surface area contributed by atoms with E-state index in [4.69, 9.17) is 27.6 Å². The van der Waals surface area contributed by atoms with E-state index in [9.17, 15) is 4.79 Å². The van der Waals surface area contributed by atoms with Gasteiger partial charge in [-0.25, -0.2) is 0 Å². The van der Waals surface area contributed by atoms with Crippen molar-refractivity contribution in [3.05, 3.63) is 69.9 Å². The highest BCUT2D eigenvalue weighted by atomic mass is 35.5. The number of hydrogen-bond donors (Lipinski definition) is 1. The molecule has 1 unspecified atom stereocenters. The largest absolute Gasteiger partial charge is 0.464 e. The molecule has 1 atom stereocenters. The SMILES string of the molecule is O=C(NC1CCC(CCN2CCCCC2c2coc3cccc-3c2)CC1)c1ccc(Cl)cc1Cl. The highest BCUT2D eigenvalue weighted by Gasteiger charge is 2.28. The van der Waals surface area contributed by atoms with Gasteiger partial charge in [0, 0.05) is 28.2 Å². The summed E-state index contributed by atoms with van der Waals surface area (Å²) in [5.74, 6) is 1.58. The van der Waals surface area contributed by atoms with Gasteiger partial charge in [-0.3, -0.25) is 9.69 Å². The zero-order valence-electron chi connectivity index (χ0n) is 19.4. The quantitative estimate of drug-likeness (QED) is 0.380. The lowest BCUT2D eigenvalue weighted by Gasteiger charge is -2.37. The van der Waals surface area contributed by atoms with E-state index in [-0.39, 0.29) is 11.9 Å². The highest BCUT2D eigenvalue weighted by Crippen LogP contribution is 2.36. The average Bonchev–Trinajstić information content (AvgIpc) is 3.32. The van der Waals surface area contributed by atoms with E-state index in [1.165, 1.54) is 36.8 Å². The summed E-state index contributed by atoms with van der Waals surface area (Å²) < 4.78 is 5.89. The third kappa shape index (κ3) is 5.45. The van der Waals surface area contributed by atoms with Gasteiger partial charge < -0.3 is 9.73 Å². The van der Waals surface area contributed by atoms with E-state index in [2.05, 4.69) is 28.4 Å². The number of hydrogen-bond acceptors (Lipinski definition) is 3. The molecule has 34 heavy (non-hydrogen) atoms. The normalized spacial score (nSPS) is 23.8. The van der Waals surface area contributed by atoms with E-state index in [0.29, 0.717) is 21.7 Å². The van der Waals surface area contributed by atoms with E-state index in [1.54, 1.807) is 18.2 Å². The van der Waals surface area contributed by atoms with E-state index in [1.807, 2.05) is 12.3 Å². The number of nitrogens with zero attached hydrogens (tertiary/aromatic N) is 1. The molecule has 0 aromatic heterocycles. The zero-order chi connectivity index (χ0) is 23.5. The molecule has 2 fully saturated rings. The molecular formula is C28H32Cl2N2O2. The minimum absolute atomic E-state index is 0.103. The topological polar surface area (TPSA) is 45.5 Å². The van der Waals surface area contributed by atoms with Gasteiger partial charge in [-0.05, 0) is 94.3 Å². The lowest BCUT2D eigenvalue weighted by molar-refractivity contribution is 0.0916. The number of halogens is 2. The molecular weight excluding hydrogens is 467 g/mol. The Bertz CT molecular complexity index is 1090. The number of likely N-dealkylation sites (tertiary alicyclic amines) is 1. The Morgan fingerprint density at radius 1 is 1.03 bits per heavy atom. The van der Waals surface area contributed by atoms with Gasteiger partial charge >= 0.3 is 0 Å². The second-order valence-corrected chi connectivity index (χ2v) is 10.7. The number of nitrogens with one attached hydrogen (secondary N) is 1. The van der Waals surface area contributed by atoms with Crippen LogP contribution in [0.1, 0.15) is 73.3 Å². The molecule has 1 aromatic rings. The van der Waals surface area contributed by atoms with Crippen LogP contribution in [0.2, 0.25) is 10.0 Å². The minimum Gasteiger partial charge on any atom is -0.464 e. The van der Waals surface area contributed by atoms with Crippen molar-refractivity contribution < 1.29 is 9.21 Å². The van der Waals surface area contributed by atoms with Gasteiger partial charge in [0.25, 0.3) is 5.91 Å². The van der Waals surface area contributed by atoms with Crippen molar-refractivity contribution in [1.29, 1.82) is 0 Å². The number of benzene rings is 1. The van der Waals surface area contributed by atoms with Crippen LogP contribution in [-0.2, 0) is 0 Å². The molecule has 5 rings (SSSR count). The van der Waals surface area contributed by atoms with Crippen molar-refractivity contribution >= 4 is 29.1 Å². The Kier molecular flexibility index (Phi) is 7.48. The summed E-state index contributed by atoms with van der Waals surface area (Å²) in [6.07, 6.45) is 11.3. The maximum atomic E-state index is 12.6.